The number of ether oxygens (including phenoxy) is 6. The van der Waals surface area contributed by atoms with E-state index in [-0.39, 0.29) is 94.8 Å². The molecular formula is C40H53N3O12. The zero-order valence-corrected chi connectivity index (χ0v) is 32.5. The Balaban J connectivity index is 1.27. The Kier molecular flexibility index (Phi) is 12.5. The van der Waals surface area contributed by atoms with Crippen LogP contribution in [0.1, 0.15) is 96.0 Å². The Morgan fingerprint density at radius 2 is 1.78 bits per heavy atom. The molecule has 4 aliphatic rings. The molecule has 0 spiro atoms. The minimum Gasteiger partial charge on any atom is -0.507 e. The summed E-state index contributed by atoms with van der Waals surface area (Å²) in [5.74, 6) is -3.33. The molecule has 2 saturated heterocycles. The number of carbonyl (C=O) groups excluding carboxylic acids is 4. The highest BCUT2D eigenvalue weighted by Crippen LogP contribution is 2.51. The average Bonchev–Trinajstić information content (AvgIpc) is 3.18. The van der Waals surface area contributed by atoms with Crippen LogP contribution in [0.25, 0.3) is 0 Å². The number of nitrogens with zero attached hydrogens (tertiary/aromatic N) is 1. The monoisotopic (exact) mass is 767 g/mol. The van der Waals surface area contributed by atoms with Crippen LogP contribution in [0.15, 0.2) is 18.2 Å². The molecule has 2 heterocycles. The second-order valence-corrected chi connectivity index (χ2v) is 15.1. The van der Waals surface area contributed by atoms with Crippen LogP contribution in [0.2, 0.25) is 0 Å². The Bertz CT molecular complexity index is 1800. The van der Waals surface area contributed by atoms with E-state index in [4.69, 9.17) is 28.4 Å². The number of rotatable bonds is 12. The molecule has 6 rings (SSSR count). The summed E-state index contributed by atoms with van der Waals surface area (Å²) in [5.41, 5.74) is -0.412. The van der Waals surface area contributed by atoms with Crippen LogP contribution < -0.4 is 15.4 Å². The molecule has 300 valence electrons. The van der Waals surface area contributed by atoms with Gasteiger partial charge >= 0.3 is 0 Å². The first-order chi connectivity index (χ1) is 26.3. The van der Waals surface area contributed by atoms with Crippen molar-refractivity contribution in [3.05, 3.63) is 51.6 Å². The lowest BCUT2D eigenvalue weighted by atomic mass is 9.74. The molecule has 4 N–H and O–H groups in total. The number of benzene rings is 2. The van der Waals surface area contributed by atoms with Gasteiger partial charge in [0.2, 0.25) is 17.6 Å². The number of nitrogens with one attached hydrogen (secondary N) is 2. The lowest BCUT2D eigenvalue weighted by Crippen LogP contribution is -2.54. The molecule has 2 aromatic rings. The number of carbonyl (C=O) groups is 4. The number of methoxy groups -OCH3 is 2. The molecule has 2 amide bonds. The van der Waals surface area contributed by atoms with Crippen molar-refractivity contribution in [1.29, 1.82) is 0 Å². The molecule has 2 aromatic carbocycles. The number of hydrogen-bond donors (Lipinski definition) is 4. The molecule has 15 nitrogen and oxygen atoms in total. The van der Waals surface area contributed by atoms with E-state index in [0.717, 1.165) is 0 Å². The molecule has 55 heavy (non-hydrogen) atoms. The molecule has 0 aromatic heterocycles. The van der Waals surface area contributed by atoms with E-state index < -0.39 is 60.0 Å². The lowest BCUT2D eigenvalue weighted by molar-refractivity contribution is -0.280. The summed E-state index contributed by atoms with van der Waals surface area (Å²) in [4.78, 5) is 56.2. The number of hydrogen-bond acceptors (Lipinski definition) is 13. The fourth-order valence-corrected chi connectivity index (χ4v) is 7.88. The molecule has 0 radical (unpaired) electrons. The van der Waals surface area contributed by atoms with Gasteiger partial charge in [-0.05, 0) is 38.2 Å². The van der Waals surface area contributed by atoms with Gasteiger partial charge in [-0.25, -0.2) is 0 Å². The molecule has 2 fully saturated rings. The Labute approximate surface area is 320 Å². The highest BCUT2D eigenvalue weighted by molar-refractivity contribution is 6.31. The van der Waals surface area contributed by atoms with Gasteiger partial charge in [0, 0.05) is 68.7 Å². The van der Waals surface area contributed by atoms with Crippen molar-refractivity contribution in [3.8, 4) is 17.2 Å². The van der Waals surface area contributed by atoms with Gasteiger partial charge < -0.3 is 48.9 Å². The van der Waals surface area contributed by atoms with Crippen LogP contribution >= 0.6 is 0 Å². The van der Waals surface area contributed by atoms with Crippen LogP contribution in [0.3, 0.4) is 0 Å². The van der Waals surface area contributed by atoms with E-state index in [1.165, 1.54) is 13.2 Å². The summed E-state index contributed by atoms with van der Waals surface area (Å²) < 4.78 is 35.6. The van der Waals surface area contributed by atoms with Gasteiger partial charge in [0.25, 0.3) is 0 Å². The summed E-state index contributed by atoms with van der Waals surface area (Å²) in [5, 5.41) is 29.9. The largest absolute Gasteiger partial charge is 0.507 e. The number of amides is 2. The quantitative estimate of drug-likeness (QED) is 0.197. The molecule has 2 aliphatic heterocycles. The third-order valence-corrected chi connectivity index (χ3v) is 11.3. The predicted molar refractivity (Wildman–Crippen MR) is 197 cm³/mol. The first-order valence-corrected chi connectivity index (χ1v) is 19.0. The number of morpholine rings is 1. The van der Waals surface area contributed by atoms with Gasteiger partial charge in [-0.15, -0.1) is 0 Å². The van der Waals surface area contributed by atoms with Crippen molar-refractivity contribution in [2.45, 2.75) is 90.5 Å². The lowest BCUT2D eigenvalue weighted by Gasteiger charge is -2.41. The van der Waals surface area contributed by atoms with Gasteiger partial charge in [0.1, 0.15) is 17.2 Å². The first kappa shape index (κ1) is 40.5. The molecule has 2 aliphatic carbocycles. The van der Waals surface area contributed by atoms with Crippen LogP contribution in [0, 0.1) is 17.8 Å². The van der Waals surface area contributed by atoms with Crippen molar-refractivity contribution in [3.63, 3.8) is 0 Å². The fourth-order valence-electron chi connectivity index (χ4n) is 7.88. The van der Waals surface area contributed by atoms with Gasteiger partial charge in [0.15, 0.2) is 24.6 Å². The van der Waals surface area contributed by atoms with E-state index in [1.807, 2.05) is 27.7 Å². The van der Waals surface area contributed by atoms with Crippen molar-refractivity contribution in [2.75, 3.05) is 47.5 Å². The van der Waals surface area contributed by atoms with Crippen LogP contribution in [0.5, 0.6) is 17.2 Å². The third kappa shape index (κ3) is 7.96. The Hall–Kier alpha value is -4.12. The molecular weight excluding hydrogens is 714 g/mol. The zero-order chi connectivity index (χ0) is 39.7. The van der Waals surface area contributed by atoms with Crippen molar-refractivity contribution >= 4 is 23.4 Å². The number of aromatic hydroxyl groups is 2. The third-order valence-electron chi connectivity index (χ3n) is 11.3. The minimum absolute atomic E-state index is 0.0158. The zero-order valence-electron chi connectivity index (χ0n) is 32.5. The van der Waals surface area contributed by atoms with E-state index in [9.17, 15) is 29.4 Å². The van der Waals surface area contributed by atoms with Crippen LogP contribution in [-0.2, 0) is 39.7 Å². The number of phenolic OH excluding ortho intramolecular Hbond substituents is 2. The summed E-state index contributed by atoms with van der Waals surface area (Å²) in [6.45, 7) is 9.26. The van der Waals surface area contributed by atoms with Crippen LogP contribution in [-0.4, -0.2) is 117 Å². The molecule has 15 heteroatoms. The van der Waals surface area contributed by atoms with E-state index >= 15 is 0 Å². The first-order valence-electron chi connectivity index (χ1n) is 19.0. The predicted octanol–water partition coefficient (Wildman–Crippen LogP) is 3.20. The number of fused-ring (bicyclic) bond motifs is 3. The summed E-state index contributed by atoms with van der Waals surface area (Å²) in [6.07, 6.45) is -2.72. The van der Waals surface area contributed by atoms with E-state index in [0.29, 0.717) is 26.0 Å². The highest BCUT2D eigenvalue weighted by Gasteiger charge is 2.45. The summed E-state index contributed by atoms with van der Waals surface area (Å²) in [6, 6.07) is 4.58. The maximum Gasteiger partial charge on any atom is 0.225 e. The SMILES string of the molecule is COc1cccc2c1C(=O)c1c(O)c3c(c(O)c1C2=O)C[C@@H](C(=O)NCCN(C)C(=O)[C@H](C)C(C)C)C[C@@H]3O[C@H]1CC[C@H](O[C@H]2NCCO[C@@H]2OC)[C@H](C)O1. The summed E-state index contributed by atoms with van der Waals surface area (Å²) >= 11 is 0. The maximum atomic E-state index is 14.1. The maximum absolute atomic E-state index is 14.1. The average molecular weight is 768 g/mol. The minimum atomic E-state index is -1.02. The topological polar surface area (TPSA) is 191 Å². The van der Waals surface area contributed by atoms with Gasteiger partial charge in [-0.3, -0.25) is 24.5 Å². The smallest absolute Gasteiger partial charge is 0.225 e. The van der Waals surface area contributed by atoms with Gasteiger partial charge in [-0.2, -0.15) is 0 Å². The van der Waals surface area contributed by atoms with Gasteiger partial charge in [-0.1, -0.05) is 32.9 Å². The highest BCUT2D eigenvalue weighted by atomic mass is 16.7. The molecule has 0 bridgehead atoms. The number of ketones is 2. The fraction of sp³-hybridized carbons (Fsp3) is 0.600. The second-order valence-electron chi connectivity index (χ2n) is 15.1. The Morgan fingerprint density at radius 1 is 1.04 bits per heavy atom. The Morgan fingerprint density at radius 3 is 2.47 bits per heavy atom. The van der Waals surface area contributed by atoms with Crippen molar-refractivity contribution < 1.29 is 57.8 Å². The summed E-state index contributed by atoms with van der Waals surface area (Å²) in [7, 11) is 4.62. The van der Waals surface area contributed by atoms with Crippen molar-refractivity contribution in [1.82, 2.24) is 15.5 Å². The molecule has 0 unspecified atom stereocenters. The number of likely N-dealkylation sites (N-methyl/N-ethyl adjacent to an activating group) is 1. The standard InChI is InChI=1S/C40H53N3O12/c1-19(2)20(3)39(49)43(5)15-13-41-37(48)22-17-24-30(36(47)32-31(34(24)45)33(44)23-9-8-10-26(50-6)29(23)35(32)46)27(18-22)54-28-12-11-25(21(4)53-28)55-38-40(51-7)52-16-14-42-38/h8-10,19-22,25,27-28,38,40,42,45,47H,11-18H2,1-7H3,(H,41,48)/t20-,21+,22-,25+,27+,28+,38-,40+/m1/s1. The molecule has 0 saturated carbocycles. The second kappa shape index (κ2) is 16.9. The van der Waals surface area contributed by atoms with E-state index in [1.54, 1.807) is 31.2 Å². The number of phenols is 2. The van der Waals surface area contributed by atoms with Crippen LogP contribution in [0.4, 0.5) is 0 Å². The van der Waals surface area contributed by atoms with Gasteiger partial charge in [0.05, 0.1) is 48.7 Å². The normalized spacial score (nSPS) is 26.8. The van der Waals surface area contributed by atoms with Crippen molar-refractivity contribution in [2.24, 2.45) is 17.8 Å². The molecule has 8 atom stereocenters. The van der Waals surface area contributed by atoms with E-state index in [2.05, 4.69) is 10.6 Å².